The lowest BCUT2D eigenvalue weighted by Crippen LogP contribution is -2.50. The zero-order valence-electron chi connectivity index (χ0n) is 22.7. The normalized spacial score (nSPS) is 14.3. The number of likely N-dealkylation sites (tertiary alicyclic amines) is 1. The predicted octanol–water partition coefficient (Wildman–Crippen LogP) is 4.46. The molecule has 40 heavy (non-hydrogen) atoms. The minimum atomic E-state index is -0.449. The number of hydrogen-bond acceptors (Lipinski definition) is 8. The van der Waals surface area contributed by atoms with E-state index >= 15 is 0 Å². The second kappa shape index (κ2) is 13.0. The van der Waals surface area contributed by atoms with Gasteiger partial charge in [-0.05, 0) is 65.9 Å². The van der Waals surface area contributed by atoms with Crippen molar-refractivity contribution in [3.8, 4) is 11.1 Å². The number of esters is 1. The number of benzene rings is 2. The fourth-order valence-electron chi connectivity index (χ4n) is 4.91. The number of amides is 1. The van der Waals surface area contributed by atoms with Crippen LogP contribution in [0.3, 0.4) is 0 Å². The quantitative estimate of drug-likeness (QED) is 0.264. The molecule has 3 heterocycles. The van der Waals surface area contributed by atoms with Gasteiger partial charge >= 0.3 is 5.97 Å². The van der Waals surface area contributed by atoms with Gasteiger partial charge in [-0.15, -0.1) is 11.3 Å². The maximum absolute atomic E-state index is 13.7. The molecule has 0 spiro atoms. The predicted molar refractivity (Wildman–Crippen MR) is 157 cm³/mol. The lowest BCUT2D eigenvalue weighted by atomic mass is 9.97. The second-order valence-corrected chi connectivity index (χ2v) is 10.8. The number of aryl methyl sites for hydroxylation is 1. The summed E-state index contributed by atoms with van der Waals surface area (Å²) in [5, 5.41) is 8.56. The first kappa shape index (κ1) is 27.6. The van der Waals surface area contributed by atoms with Gasteiger partial charge in [0.1, 0.15) is 0 Å². The smallest absolute Gasteiger partial charge is 0.311 e. The Hall–Kier alpha value is -3.92. The fraction of sp³-hybridized carbons (Fsp3) is 0.290. The molecular weight excluding hydrogens is 522 g/mol. The van der Waals surface area contributed by atoms with Crippen molar-refractivity contribution in [1.82, 2.24) is 20.2 Å². The Balaban J connectivity index is 1.37. The van der Waals surface area contributed by atoms with Crippen molar-refractivity contribution in [2.75, 3.05) is 25.5 Å². The molecule has 8 nitrogen and oxygen atoms in total. The molecule has 1 aliphatic rings. The molecule has 1 saturated heterocycles. The summed E-state index contributed by atoms with van der Waals surface area (Å²) in [4.78, 5) is 36.4. The molecule has 4 aromatic rings. The molecule has 1 aliphatic heterocycles. The van der Waals surface area contributed by atoms with Crippen molar-refractivity contribution in [2.45, 2.75) is 32.5 Å². The van der Waals surface area contributed by atoms with Crippen molar-refractivity contribution in [3.05, 3.63) is 100 Å². The SMILES string of the molecule is COC(=O)C1CN(Cc2cc(NC(=O)C(Cc3ccccc3)NCc3cscn3)cc(-c3ccnc(C)c3)c2)C1. The van der Waals surface area contributed by atoms with Gasteiger partial charge in [0.15, 0.2) is 0 Å². The van der Waals surface area contributed by atoms with E-state index in [1.54, 1.807) is 11.7 Å². The highest BCUT2D eigenvalue weighted by Gasteiger charge is 2.33. The number of ether oxygens (including phenoxy) is 1. The Morgan fingerprint density at radius 1 is 1.05 bits per heavy atom. The topological polar surface area (TPSA) is 96.5 Å². The van der Waals surface area contributed by atoms with Gasteiger partial charge in [-0.1, -0.05) is 30.3 Å². The van der Waals surface area contributed by atoms with E-state index in [-0.39, 0.29) is 17.8 Å². The van der Waals surface area contributed by atoms with Crippen LogP contribution in [0, 0.1) is 12.8 Å². The van der Waals surface area contributed by atoms with E-state index in [9.17, 15) is 9.59 Å². The standard InChI is InChI=1S/C31H33N5O3S/c1-21-10-24(8-9-32-21)25-11-23(16-36-17-26(18-36)31(38)39-2)12-27(14-25)35-30(37)29(13-22-6-4-3-5-7-22)33-15-28-19-40-20-34-28/h3-12,14,19-20,26,29,33H,13,15-18H2,1-2H3,(H,35,37). The number of nitrogens with zero attached hydrogens (tertiary/aromatic N) is 3. The van der Waals surface area contributed by atoms with E-state index in [1.807, 2.05) is 66.9 Å². The molecule has 206 valence electrons. The molecule has 9 heteroatoms. The van der Waals surface area contributed by atoms with Crippen LogP contribution in [0.1, 0.15) is 22.5 Å². The van der Waals surface area contributed by atoms with E-state index in [0.29, 0.717) is 32.6 Å². The van der Waals surface area contributed by atoms with Crippen LogP contribution < -0.4 is 10.6 Å². The molecule has 2 N–H and O–H groups in total. The Morgan fingerprint density at radius 3 is 2.60 bits per heavy atom. The molecule has 1 unspecified atom stereocenters. The lowest BCUT2D eigenvalue weighted by molar-refractivity contribution is -0.151. The number of thiazole rings is 1. The van der Waals surface area contributed by atoms with E-state index < -0.39 is 6.04 Å². The minimum absolute atomic E-state index is 0.0854. The third-order valence-corrected chi connectivity index (χ3v) is 7.64. The Morgan fingerprint density at radius 2 is 1.88 bits per heavy atom. The number of methoxy groups -OCH3 is 1. The van der Waals surface area contributed by atoms with Gasteiger partial charge in [0.2, 0.25) is 5.91 Å². The van der Waals surface area contributed by atoms with Gasteiger partial charge in [0.05, 0.1) is 30.3 Å². The van der Waals surface area contributed by atoms with Crippen molar-refractivity contribution in [1.29, 1.82) is 0 Å². The number of nitrogens with one attached hydrogen (secondary N) is 2. The van der Waals surface area contributed by atoms with Gasteiger partial charge in [0, 0.05) is 49.1 Å². The first-order valence-electron chi connectivity index (χ1n) is 13.3. The molecule has 1 amide bonds. The van der Waals surface area contributed by atoms with Crippen molar-refractivity contribution in [2.24, 2.45) is 5.92 Å². The van der Waals surface area contributed by atoms with Gasteiger partial charge in [-0.3, -0.25) is 24.8 Å². The number of carbonyl (C=O) groups excluding carboxylic acids is 2. The maximum atomic E-state index is 13.7. The molecular formula is C31H33N5O3S. The van der Waals surface area contributed by atoms with E-state index in [0.717, 1.165) is 39.3 Å². The molecule has 1 fully saturated rings. The summed E-state index contributed by atoms with van der Waals surface area (Å²) in [7, 11) is 1.43. The average Bonchev–Trinajstić information content (AvgIpc) is 3.46. The fourth-order valence-corrected chi connectivity index (χ4v) is 5.47. The molecule has 0 saturated carbocycles. The summed E-state index contributed by atoms with van der Waals surface area (Å²) in [5.41, 5.74) is 8.52. The first-order chi connectivity index (χ1) is 19.5. The van der Waals surface area contributed by atoms with Crippen molar-refractivity contribution < 1.29 is 14.3 Å². The van der Waals surface area contributed by atoms with Gasteiger partial charge in [0.25, 0.3) is 0 Å². The average molecular weight is 556 g/mol. The summed E-state index contributed by atoms with van der Waals surface area (Å²) in [6.07, 6.45) is 2.35. The molecule has 0 radical (unpaired) electrons. The molecule has 5 rings (SSSR count). The van der Waals surface area contributed by atoms with Crippen LogP contribution in [0.4, 0.5) is 5.69 Å². The number of carbonyl (C=O) groups is 2. The largest absolute Gasteiger partial charge is 0.469 e. The van der Waals surface area contributed by atoms with Gasteiger partial charge in [-0.2, -0.15) is 0 Å². The van der Waals surface area contributed by atoms with Crippen LogP contribution in [-0.2, 0) is 33.8 Å². The van der Waals surface area contributed by atoms with Crippen LogP contribution in [0.2, 0.25) is 0 Å². The maximum Gasteiger partial charge on any atom is 0.311 e. The molecule has 0 bridgehead atoms. The van der Waals surface area contributed by atoms with Crippen LogP contribution in [0.25, 0.3) is 11.1 Å². The zero-order chi connectivity index (χ0) is 27.9. The molecule has 1 atom stereocenters. The third-order valence-electron chi connectivity index (χ3n) is 7.00. The van der Waals surface area contributed by atoms with Crippen molar-refractivity contribution in [3.63, 3.8) is 0 Å². The Bertz CT molecular complexity index is 1440. The van der Waals surface area contributed by atoms with E-state index in [4.69, 9.17) is 4.74 Å². The van der Waals surface area contributed by atoms with Crippen LogP contribution in [0.5, 0.6) is 0 Å². The van der Waals surface area contributed by atoms with Gasteiger partial charge < -0.3 is 10.1 Å². The summed E-state index contributed by atoms with van der Waals surface area (Å²) in [6.45, 7) is 4.46. The number of aromatic nitrogens is 2. The van der Waals surface area contributed by atoms with E-state index in [1.165, 1.54) is 18.4 Å². The first-order valence-corrected chi connectivity index (χ1v) is 14.2. The lowest BCUT2D eigenvalue weighted by Gasteiger charge is -2.37. The van der Waals surface area contributed by atoms with Crippen LogP contribution in [-0.4, -0.2) is 53.0 Å². The molecule has 2 aromatic carbocycles. The second-order valence-electron chi connectivity index (χ2n) is 10.1. The summed E-state index contributed by atoms with van der Waals surface area (Å²) >= 11 is 1.54. The zero-order valence-corrected chi connectivity index (χ0v) is 23.5. The number of hydrogen-bond donors (Lipinski definition) is 2. The number of pyridine rings is 1. The highest BCUT2D eigenvalue weighted by molar-refractivity contribution is 7.07. The highest BCUT2D eigenvalue weighted by Crippen LogP contribution is 2.28. The Kier molecular flexibility index (Phi) is 8.95. The summed E-state index contributed by atoms with van der Waals surface area (Å²) < 4.78 is 4.88. The summed E-state index contributed by atoms with van der Waals surface area (Å²) in [5.74, 6) is -0.361. The minimum Gasteiger partial charge on any atom is -0.469 e. The monoisotopic (exact) mass is 555 g/mol. The van der Waals surface area contributed by atoms with Gasteiger partial charge in [-0.25, -0.2) is 4.98 Å². The highest BCUT2D eigenvalue weighted by atomic mass is 32.1. The molecule has 0 aliphatic carbocycles. The summed E-state index contributed by atoms with van der Waals surface area (Å²) in [6, 6.07) is 19.7. The van der Waals surface area contributed by atoms with E-state index in [2.05, 4.69) is 31.6 Å². The number of anilines is 1. The Labute approximate surface area is 238 Å². The van der Waals surface area contributed by atoms with Crippen LogP contribution in [0.15, 0.2) is 77.8 Å². The third kappa shape index (κ3) is 7.18. The van der Waals surface area contributed by atoms with Crippen molar-refractivity contribution >= 4 is 28.9 Å². The molecule has 2 aromatic heterocycles. The number of rotatable bonds is 11. The van der Waals surface area contributed by atoms with Crippen LogP contribution >= 0.6 is 11.3 Å².